The van der Waals surface area contributed by atoms with E-state index in [9.17, 15) is 26.4 Å². The Hall–Kier alpha value is -2.34. The number of hydrogen-bond donors (Lipinski definition) is 2. The first kappa shape index (κ1) is 24.3. The Morgan fingerprint density at radius 1 is 1.19 bits per heavy atom. The molecule has 1 amide bonds. The summed E-state index contributed by atoms with van der Waals surface area (Å²) in [7, 11) is -2.86. The molecular weight excluding hydrogens is 471 g/mol. The highest BCUT2D eigenvalue weighted by Crippen LogP contribution is 2.35. The van der Waals surface area contributed by atoms with Crippen LogP contribution in [0.3, 0.4) is 0 Å². The third-order valence-electron chi connectivity index (χ3n) is 5.09. The summed E-state index contributed by atoms with van der Waals surface area (Å²) in [6.07, 6.45) is -4.78. The minimum atomic E-state index is -4.78. The van der Waals surface area contributed by atoms with Crippen molar-refractivity contribution in [3.8, 4) is 5.75 Å². The predicted molar refractivity (Wildman–Crippen MR) is 112 cm³/mol. The number of quaternary nitrogens is 1. The SMILES string of the molecule is COc1ccc(Cl)cc1NC(=O)C[NH+]1CCN(S(=O)(=O)c2ccccc2C(F)(F)F)CC1. The molecule has 12 heteroatoms. The van der Waals surface area contributed by atoms with Crippen LogP contribution >= 0.6 is 11.6 Å². The molecule has 32 heavy (non-hydrogen) atoms. The quantitative estimate of drug-likeness (QED) is 0.645. The molecule has 0 atom stereocenters. The van der Waals surface area contributed by atoms with E-state index < -0.39 is 26.7 Å². The lowest BCUT2D eigenvalue weighted by molar-refractivity contribution is -0.895. The van der Waals surface area contributed by atoms with Gasteiger partial charge in [0.2, 0.25) is 10.0 Å². The van der Waals surface area contributed by atoms with Gasteiger partial charge in [-0.25, -0.2) is 8.42 Å². The molecule has 0 radical (unpaired) electrons. The van der Waals surface area contributed by atoms with E-state index in [4.69, 9.17) is 16.3 Å². The second-order valence-electron chi connectivity index (χ2n) is 7.22. The standard InChI is InChI=1S/C20H21ClF3N3O4S/c1-31-17-7-6-14(21)12-16(17)25-19(28)13-26-8-10-27(11-9-26)32(29,30)18-5-3-2-4-15(18)20(22,23)24/h2-7,12H,8-11,13H2,1H3,(H,25,28)/p+1. The Balaban J connectivity index is 1.63. The number of piperazine rings is 1. The molecule has 3 rings (SSSR count). The monoisotopic (exact) mass is 492 g/mol. The van der Waals surface area contributed by atoms with Gasteiger partial charge in [0, 0.05) is 5.02 Å². The average molecular weight is 493 g/mol. The minimum absolute atomic E-state index is 0.00236. The zero-order chi connectivity index (χ0) is 23.5. The Labute approximate surface area is 188 Å². The van der Waals surface area contributed by atoms with E-state index in [2.05, 4.69) is 5.32 Å². The summed E-state index contributed by atoms with van der Waals surface area (Å²) < 4.78 is 71.7. The van der Waals surface area contributed by atoms with Gasteiger partial charge < -0.3 is 15.0 Å². The van der Waals surface area contributed by atoms with Crippen LogP contribution in [0.5, 0.6) is 5.75 Å². The average Bonchev–Trinajstić information content (AvgIpc) is 2.73. The van der Waals surface area contributed by atoms with Crippen molar-refractivity contribution in [2.24, 2.45) is 0 Å². The number of rotatable bonds is 6. The number of methoxy groups -OCH3 is 1. The van der Waals surface area contributed by atoms with Crippen LogP contribution in [-0.2, 0) is 21.0 Å². The van der Waals surface area contributed by atoms with Gasteiger partial charge in [-0.3, -0.25) is 4.79 Å². The van der Waals surface area contributed by atoms with Gasteiger partial charge in [-0.1, -0.05) is 23.7 Å². The number of nitrogens with zero attached hydrogens (tertiary/aromatic N) is 1. The maximum atomic E-state index is 13.3. The molecule has 1 heterocycles. The lowest BCUT2D eigenvalue weighted by atomic mass is 10.2. The number of anilines is 1. The van der Waals surface area contributed by atoms with E-state index in [1.165, 1.54) is 13.2 Å². The zero-order valence-electron chi connectivity index (χ0n) is 17.1. The topological polar surface area (TPSA) is 80.2 Å². The van der Waals surface area contributed by atoms with Crippen molar-refractivity contribution in [2.45, 2.75) is 11.1 Å². The number of carbonyl (C=O) groups excluding carboxylic acids is 1. The third kappa shape index (κ3) is 5.52. The van der Waals surface area contributed by atoms with Crippen molar-refractivity contribution < 1.29 is 36.0 Å². The van der Waals surface area contributed by atoms with E-state index >= 15 is 0 Å². The summed E-state index contributed by atoms with van der Waals surface area (Å²) in [4.78, 5) is 12.5. The number of benzene rings is 2. The minimum Gasteiger partial charge on any atom is -0.495 e. The molecule has 0 aliphatic carbocycles. The number of alkyl halides is 3. The molecule has 0 spiro atoms. The van der Waals surface area contributed by atoms with E-state index in [-0.39, 0.29) is 38.6 Å². The van der Waals surface area contributed by atoms with Crippen LogP contribution in [0.2, 0.25) is 5.02 Å². The fraction of sp³-hybridized carbons (Fsp3) is 0.350. The largest absolute Gasteiger partial charge is 0.495 e. The molecule has 174 valence electrons. The summed E-state index contributed by atoms with van der Waals surface area (Å²) in [5.74, 6) is 0.122. The normalized spacial score (nSPS) is 16.0. The van der Waals surface area contributed by atoms with Gasteiger partial charge in [0.1, 0.15) is 5.75 Å². The molecule has 2 aromatic carbocycles. The molecule has 7 nitrogen and oxygen atoms in total. The molecule has 1 aliphatic rings. The Bertz CT molecular complexity index is 1090. The van der Waals surface area contributed by atoms with E-state index in [0.29, 0.717) is 16.5 Å². The van der Waals surface area contributed by atoms with Crippen LogP contribution < -0.4 is 15.0 Å². The highest BCUT2D eigenvalue weighted by molar-refractivity contribution is 7.89. The zero-order valence-corrected chi connectivity index (χ0v) is 18.6. The smallest absolute Gasteiger partial charge is 0.417 e. The third-order valence-corrected chi connectivity index (χ3v) is 7.28. The van der Waals surface area contributed by atoms with Crippen LogP contribution in [0.15, 0.2) is 47.4 Å². The van der Waals surface area contributed by atoms with Crippen molar-refractivity contribution in [1.82, 2.24) is 4.31 Å². The summed E-state index contributed by atoms with van der Waals surface area (Å²) in [5.41, 5.74) is -0.779. The van der Waals surface area contributed by atoms with Crippen molar-refractivity contribution in [3.63, 3.8) is 0 Å². The lowest BCUT2D eigenvalue weighted by Gasteiger charge is -2.31. The molecule has 0 aromatic heterocycles. The summed E-state index contributed by atoms with van der Waals surface area (Å²) in [6.45, 7) is 0.596. The maximum absolute atomic E-state index is 13.3. The summed E-state index contributed by atoms with van der Waals surface area (Å²) >= 11 is 5.95. The second-order valence-corrected chi connectivity index (χ2v) is 9.56. The van der Waals surface area contributed by atoms with Gasteiger partial charge >= 0.3 is 6.18 Å². The maximum Gasteiger partial charge on any atom is 0.417 e. The first-order valence-electron chi connectivity index (χ1n) is 9.65. The van der Waals surface area contributed by atoms with E-state index in [0.717, 1.165) is 27.4 Å². The van der Waals surface area contributed by atoms with Crippen molar-refractivity contribution in [2.75, 3.05) is 45.2 Å². The molecule has 1 saturated heterocycles. The van der Waals surface area contributed by atoms with E-state index in [1.54, 1.807) is 18.2 Å². The number of sulfonamides is 1. The first-order chi connectivity index (χ1) is 15.0. The van der Waals surface area contributed by atoms with Gasteiger partial charge in [0.15, 0.2) is 6.54 Å². The number of hydrogen-bond acceptors (Lipinski definition) is 4. The highest BCUT2D eigenvalue weighted by atomic mass is 35.5. The number of ether oxygens (including phenoxy) is 1. The second kappa shape index (κ2) is 9.65. The number of nitrogens with one attached hydrogen (secondary N) is 2. The fourth-order valence-electron chi connectivity index (χ4n) is 3.48. The van der Waals surface area contributed by atoms with Crippen LogP contribution in [0.25, 0.3) is 0 Å². The Kier molecular flexibility index (Phi) is 7.33. The van der Waals surface area contributed by atoms with Crippen molar-refractivity contribution in [1.29, 1.82) is 0 Å². The van der Waals surface area contributed by atoms with Crippen LogP contribution in [-0.4, -0.2) is 58.5 Å². The molecule has 2 aromatic rings. The van der Waals surface area contributed by atoms with Gasteiger partial charge in [-0.2, -0.15) is 17.5 Å². The molecule has 0 unspecified atom stereocenters. The van der Waals surface area contributed by atoms with E-state index in [1.807, 2.05) is 0 Å². The predicted octanol–water partition coefficient (Wildman–Crippen LogP) is 1.90. The fourth-order valence-corrected chi connectivity index (χ4v) is 5.31. The van der Waals surface area contributed by atoms with Crippen LogP contribution in [0, 0.1) is 0 Å². The van der Waals surface area contributed by atoms with Crippen LogP contribution in [0.4, 0.5) is 18.9 Å². The van der Waals surface area contributed by atoms with Gasteiger partial charge in [-0.15, -0.1) is 0 Å². The van der Waals surface area contributed by atoms with Gasteiger partial charge in [-0.05, 0) is 30.3 Å². The Morgan fingerprint density at radius 2 is 1.84 bits per heavy atom. The van der Waals surface area contributed by atoms with Crippen LogP contribution in [0.1, 0.15) is 5.56 Å². The molecular formula is C20H22ClF3N3O4S+. The lowest BCUT2D eigenvalue weighted by Crippen LogP contribution is -3.15. The first-order valence-corrected chi connectivity index (χ1v) is 11.5. The number of amides is 1. The molecule has 1 fully saturated rings. The van der Waals surface area contributed by atoms with Gasteiger partial charge in [0.05, 0.1) is 49.4 Å². The molecule has 1 aliphatic heterocycles. The molecule has 2 N–H and O–H groups in total. The van der Waals surface area contributed by atoms with Gasteiger partial charge in [0.25, 0.3) is 5.91 Å². The van der Waals surface area contributed by atoms with Crippen molar-refractivity contribution >= 4 is 33.2 Å². The van der Waals surface area contributed by atoms with Crippen molar-refractivity contribution in [3.05, 3.63) is 53.1 Å². The molecule has 0 saturated carbocycles. The molecule has 0 bridgehead atoms. The number of carbonyl (C=O) groups is 1. The Morgan fingerprint density at radius 3 is 2.47 bits per heavy atom. The summed E-state index contributed by atoms with van der Waals surface area (Å²) in [5, 5.41) is 3.14. The number of halogens is 4. The highest BCUT2D eigenvalue weighted by Gasteiger charge is 2.40. The summed E-state index contributed by atoms with van der Waals surface area (Å²) in [6, 6.07) is 8.92.